The van der Waals surface area contributed by atoms with Gasteiger partial charge in [-0.2, -0.15) is 0 Å². The molecule has 10 unspecified atom stereocenters. The topological polar surface area (TPSA) is 104 Å². The fourth-order valence-corrected chi connectivity index (χ4v) is 18.6. The first-order chi connectivity index (χ1) is 29.9. The van der Waals surface area contributed by atoms with Gasteiger partial charge in [0.05, 0.1) is 23.7 Å². The van der Waals surface area contributed by atoms with Gasteiger partial charge in [-0.1, -0.05) is 101 Å². The van der Waals surface area contributed by atoms with E-state index in [9.17, 15) is 15.0 Å². The average molecular weight is 852 g/mol. The van der Waals surface area contributed by atoms with Crippen molar-refractivity contribution < 1.29 is 29.3 Å². The predicted octanol–water partition coefficient (Wildman–Crippen LogP) is 10.3. The third kappa shape index (κ3) is 5.03. The van der Waals surface area contributed by atoms with Gasteiger partial charge in [-0.05, 0) is 155 Å². The molecular formula is C56H69NO6. The molecule has 1 saturated heterocycles. The Labute approximate surface area is 374 Å². The lowest BCUT2D eigenvalue weighted by Gasteiger charge is -2.71. The Balaban J connectivity index is 0.937. The summed E-state index contributed by atoms with van der Waals surface area (Å²) >= 11 is 0. The van der Waals surface area contributed by atoms with Crippen LogP contribution in [-0.4, -0.2) is 63.2 Å². The number of amides is 1. The van der Waals surface area contributed by atoms with E-state index in [0.29, 0.717) is 55.5 Å². The zero-order valence-corrected chi connectivity index (χ0v) is 38.4. The van der Waals surface area contributed by atoms with E-state index in [0.717, 1.165) is 68.1 Å². The summed E-state index contributed by atoms with van der Waals surface area (Å²) in [4.78, 5) is 47.0. The fraction of sp³-hybridized carbons (Fsp3) is 0.661. The monoisotopic (exact) mass is 852 g/mol. The molecule has 2 spiro atoms. The minimum Gasteiger partial charge on any atom is -0.448 e. The number of aliphatic hydroxyl groups excluding tert-OH is 1. The van der Waals surface area contributed by atoms with E-state index in [2.05, 4.69) is 75.1 Å². The third-order valence-corrected chi connectivity index (χ3v) is 22.1. The number of esters is 1. The normalized spacial score (nSPS) is 47.7. The SMILES string of the molecule is CC12CCC(C(=O)N(CC34CC5CC(CC(C5)C3)C4)CC3(O)CCC4C56C=CC7(C=C5C(=O)c5ccc(-c8ccccc8)cc5)CC(O)CCC7(C)C6CCC43C)(OC1=O)C2(C)C. The van der Waals surface area contributed by atoms with Crippen LogP contribution in [0.4, 0.5) is 0 Å². The van der Waals surface area contributed by atoms with E-state index in [-0.39, 0.29) is 46.9 Å². The maximum Gasteiger partial charge on any atom is 0.313 e. The van der Waals surface area contributed by atoms with Gasteiger partial charge in [0.1, 0.15) is 0 Å². The van der Waals surface area contributed by atoms with Crippen molar-refractivity contribution >= 4 is 17.7 Å². The molecule has 11 aliphatic carbocycles. The van der Waals surface area contributed by atoms with E-state index in [1.54, 1.807) is 0 Å². The van der Waals surface area contributed by atoms with E-state index < -0.39 is 44.4 Å². The molecule has 1 heterocycles. The van der Waals surface area contributed by atoms with Crippen molar-refractivity contribution in [2.75, 3.05) is 13.1 Å². The van der Waals surface area contributed by atoms with Crippen LogP contribution in [0.5, 0.6) is 0 Å². The third-order valence-electron chi connectivity index (χ3n) is 22.1. The van der Waals surface area contributed by atoms with Crippen LogP contribution >= 0.6 is 0 Å². The van der Waals surface area contributed by atoms with Crippen LogP contribution in [0.3, 0.4) is 0 Å². The molecule has 1 aliphatic heterocycles. The maximum absolute atomic E-state index is 15.8. The Hall–Kier alpha value is -3.55. The van der Waals surface area contributed by atoms with Crippen molar-refractivity contribution in [2.24, 2.45) is 67.5 Å². The minimum atomic E-state index is -1.25. The van der Waals surface area contributed by atoms with Gasteiger partial charge in [0.2, 0.25) is 0 Å². The zero-order chi connectivity index (χ0) is 43.8. The summed E-state index contributed by atoms with van der Waals surface area (Å²) in [5, 5.41) is 25.0. The van der Waals surface area contributed by atoms with Gasteiger partial charge in [-0.15, -0.1) is 0 Å². The molecule has 8 bridgehead atoms. The Morgan fingerprint density at radius 1 is 0.714 bits per heavy atom. The highest BCUT2D eigenvalue weighted by atomic mass is 16.6. The Morgan fingerprint density at radius 3 is 1.97 bits per heavy atom. The number of hydrogen-bond donors (Lipinski definition) is 2. The van der Waals surface area contributed by atoms with Crippen LogP contribution in [0.1, 0.15) is 141 Å². The molecule has 0 radical (unpaired) electrons. The lowest BCUT2D eigenvalue weighted by molar-refractivity contribution is -0.191. The highest BCUT2D eigenvalue weighted by Gasteiger charge is 2.78. The molecule has 2 aromatic carbocycles. The second-order valence-electron chi connectivity index (χ2n) is 24.8. The summed E-state index contributed by atoms with van der Waals surface area (Å²) in [5.41, 5.74) is -1.90. The number of allylic oxidation sites excluding steroid dienone is 4. The van der Waals surface area contributed by atoms with E-state index in [4.69, 9.17) is 4.74 Å². The van der Waals surface area contributed by atoms with Crippen LogP contribution in [-0.2, 0) is 14.3 Å². The molecule has 2 N–H and O–H groups in total. The van der Waals surface area contributed by atoms with Crippen LogP contribution < -0.4 is 0 Å². The number of rotatable bonds is 8. The number of carbonyl (C=O) groups is 3. The molecule has 334 valence electrons. The Morgan fingerprint density at radius 2 is 1.33 bits per heavy atom. The smallest absolute Gasteiger partial charge is 0.313 e. The molecule has 12 aliphatic rings. The molecular weight excluding hydrogens is 783 g/mol. The summed E-state index contributed by atoms with van der Waals surface area (Å²) in [6, 6.07) is 18.4. The van der Waals surface area contributed by atoms with E-state index in [1.165, 1.54) is 19.3 Å². The summed E-state index contributed by atoms with van der Waals surface area (Å²) in [6.45, 7) is 11.7. The minimum absolute atomic E-state index is 0.0265. The summed E-state index contributed by atoms with van der Waals surface area (Å²) in [6.07, 6.45) is 20.4. The lowest BCUT2D eigenvalue weighted by atomic mass is 9.32. The van der Waals surface area contributed by atoms with Crippen molar-refractivity contribution in [3.63, 3.8) is 0 Å². The number of fused-ring (bicyclic) bond motifs is 3. The number of Topliss-reactive ketones (excluding diaryl/α,β-unsaturated/α-hetero) is 1. The standard InChI is InChI=1S/C56H69NO6/c1-48(2)51(5)21-24-56(48,63-47(51)61)46(60)57(33-52-28-35-25-36(29-52)27-37(26-35)30-52)34-54(62)20-17-44-50(54,4)19-16-43-49(3)18-15-41(58)31-53(49)22-23-55(43,44)42(32-53)45(59)40-13-11-39(12-14-40)38-9-7-6-8-10-38/h6-14,22-23,32,35-37,41,43-44,58,62H,15-21,24-31,33-34H2,1-5H3. The van der Waals surface area contributed by atoms with Crippen LogP contribution in [0.2, 0.25) is 0 Å². The molecule has 2 aromatic rings. The number of ketones is 1. The van der Waals surface area contributed by atoms with Gasteiger partial charge in [0, 0.05) is 39.3 Å². The van der Waals surface area contributed by atoms with Crippen molar-refractivity contribution in [3.05, 3.63) is 84.0 Å². The summed E-state index contributed by atoms with van der Waals surface area (Å²) in [5.74, 6) is 1.98. The van der Waals surface area contributed by atoms with Crippen molar-refractivity contribution in [1.29, 1.82) is 0 Å². The first kappa shape index (κ1) is 40.9. The van der Waals surface area contributed by atoms with Crippen LogP contribution in [0.25, 0.3) is 11.1 Å². The second kappa shape index (κ2) is 12.9. The molecule has 10 atom stereocenters. The molecule has 1 amide bonds. The van der Waals surface area contributed by atoms with E-state index in [1.807, 2.05) is 37.3 Å². The fourth-order valence-electron chi connectivity index (χ4n) is 18.6. The maximum atomic E-state index is 15.8. The number of benzene rings is 2. The highest BCUT2D eigenvalue weighted by Crippen LogP contribution is 2.79. The average Bonchev–Trinajstić information content (AvgIpc) is 3.70. The van der Waals surface area contributed by atoms with Gasteiger partial charge < -0.3 is 19.8 Å². The zero-order valence-electron chi connectivity index (χ0n) is 38.4. The molecule has 63 heavy (non-hydrogen) atoms. The van der Waals surface area contributed by atoms with Crippen molar-refractivity contribution in [3.8, 4) is 11.1 Å². The molecule has 7 heteroatoms. The van der Waals surface area contributed by atoms with Gasteiger partial charge in [0.15, 0.2) is 11.4 Å². The number of ether oxygens (including phenoxy) is 1. The van der Waals surface area contributed by atoms with Crippen molar-refractivity contribution in [1.82, 2.24) is 4.90 Å². The Kier molecular flexibility index (Phi) is 8.36. The first-order valence-corrected chi connectivity index (χ1v) is 24.9. The largest absolute Gasteiger partial charge is 0.448 e. The predicted molar refractivity (Wildman–Crippen MR) is 242 cm³/mol. The number of aliphatic hydroxyl groups is 2. The van der Waals surface area contributed by atoms with Gasteiger partial charge in [-0.3, -0.25) is 14.4 Å². The highest BCUT2D eigenvalue weighted by molar-refractivity contribution is 6.11. The van der Waals surface area contributed by atoms with Gasteiger partial charge in [-0.25, -0.2) is 0 Å². The summed E-state index contributed by atoms with van der Waals surface area (Å²) in [7, 11) is 0. The van der Waals surface area contributed by atoms with Crippen molar-refractivity contribution in [2.45, 2.75) is 148 Å². The van der Waals surface area contributed by atoms with Gasteiger partial charge >= 0.3 is 5.97 Å². The number of hydrogen-bond acceptors (Lipinski definition) is 6. The number of carbonyl (C=O) groups excluding carboxylic acids is 3. The molecule has 7 nitrogen and oxygen atoms in total. The molecule has 8 saturated carbocycles. The van der Waals surface area contributed by atoms with Gasteiger partial charge in [0.25, 0.3) is 5.91 Å². The Bertz CT molecular complexity index is 2330. The second-order valence-corrected chi connectivity index (χ2v) is 24.8. The van der Waals surface area contributed by atoms with Crippen LogP contribution in [0, 0.1) is 67.5 Å². The molecule has 0 aromatic heterocycles. The molecule has 9 fully saturated rings. The van der Waals surface area contributed by atoms with Crippen LogP contribution in [0.15, 0.2) is 78.4 Å². The van der Waals surface area contributed by atoms with E-state index >= 15 is 9.59 Å². The number of nitrogens with zero attached hydrogens (tertiary/aromatic N) is 1. The first-order valence-electron chi connectivity index (χ1n) is 24.9. The lowest BCUT2D eigenvalue weighted by Crippen LogP contribution is -2.68. The molecule has 14 rings (SSSR count). The summed E-state index contributed by atoms with van der Waals surface area (Å²) < 4.78 is 6.37. The quantitative estimate of drug-likeness (QED) is 0.156.